The molecule has 3 aliphatic heterocycles. The molecule has 1 spiro atoms. The molecule has 3 saturated heterocycles. The molecule has 8 nitrogen and oxygen atoms in total. The Bertz CT molecular complexity index is 932. The van der Waals surface area contributed by atoms with Gasteiger partial charge in [0, 0.05) is 6.04 Å². The summed E-state index contributed by atoms with van der Waals surface area (Å²) in [6.07, 6.45) is 5.83. The lowest BCUT2D eigenvalue weighted by molar-refractivity contribution is -0.155. The number of carbonyl (C=O) groups excluding carboxylic acids is 3. The Hall–Kier alpha value is -2.45. The molecule has 6 atom stereocenters. The number of aliphatic hydroxyl groups excluding tert-OH is 1. The number of likely N-dealkylation sites (tertiary alicyclic amines) is 1. The predicted molar refractivity (Wildman–Crippen MR) is 122 cm³/mol. The number of nitrogens with zero attached hydrogens (tertiary/aromatic N) is 1. The van der Waals surface area contributed by atoms with Gasteiger partial charge in [-0.25, -0.2) is 0 Å². The summed E-state index contributed by atoms with van der Waals surface area (Å²) in [5.41, 5.74) is -0.340. The zero-order valence-electron chi connectivity index (χ0n) is 19.7. The highest BCUT2D eigenvalue weighted by molar-refractivity contribution is 5.98. The first-order chi connectivity index (χ1) is 16.5. The minimum absolute atomic E-state index is 0.0670. The second-order valence-corrected chi connectivity index (χ2v) is 10.0. The Morgan fingerprint density at radius 1 is 1.21 bits per heavy atom. The van der Waals surface area contributed by atoms with Gasteiger partial charge in [-0.2, -0.15) is 0 Å². The highest BCUT2D eigenvalue weighted by Gasteiger charge is 2.75. The largest absolute Gasteiger partial charge is 0.466 e. The van der Waals surface area contributed by atoms with Crippen molar-refractivity contribution in [2.45, 2.75) is 81.7 Å². The highest BCUT2D eigenvalue weighted by Crippen LogP contribution is 2.59. The normalized spacial score (nSPS) is 33.6. The number of ether oxygens (including phenoxy) is 2. The third-order valence-electron chi connectivity index (χ3n) is 8.19. The molecule has 1 aromatic carbocycles. The molecule has 0 aromatic heterocycles. The first kappa shape index (κ1) is 23.3. The van der Waals surface area contributed by atoms with Crippen LogP contribution in [0.15, 0.2) is 30.3 Å². The van der Waals surface area contributed by atoms with Gasteiger partial charge in [-0.1, -0.05) is 49.6 Å². The van der Waals surface area contributed by atoms with Gasteiger partial charge in [0.2, 0.25) is 11.8 Å². The summed E-state index contributed by atoms with van der Waals surface area (Å²) >= 11 is 0. The standard InChI is InChI=1S/C26H34N2O6/c1-2-33-25(32)20-19-13-14-26(34-19)21(20)24(31)28(18(15-29)16-9-5-3-6-10-16)22(26)23(30)27-17-11-7-4-8-12-17/h3,5-6,9-10,17-22,29H,2,4,7-8,11-15H2,1H3,(H,27,30)/t18-,19-,20+,21+,22-,26+/m1/s1. The first-order valence-corrected chi connectivity index (χ1v) is 12.6. The number of esters is 1. The summed E-state index contributed by atoms with van der Waals surface area (Å²) in [6.45, 7) is 1.62. The van der Waals surface area contributed by atoms with Gasteiger partial charge in [-0.05, 0) is 38.2 Å². The molecule has 0 radical (unpaired) electrons. The fraction of sp³-hybridized carbons (Fsp3) is 0.654. The maximum Gasteiger partial charge on any atom is 0.312 e. The van der Waals surface area contributed by atoms with E-state index in [4.69, 9.17) is 9.47 Å². The van der Waals surface area contributed by atoms with Gasteiger partial charge in [0.25, 0.3) is 0 Å². The van der Waals surface area contributed by atoms with Gasteiger partial charge in [0.05, 0.1) is 37.2 Å². The van der Waals surface area contributed by atoms with Crippen LogP contribution in [0.4, 0.5) is 0 Å². The van der Waals surface area contributed by atoms with Crippen molar-refractivity contribution in [3.05, 3.63) is 35.9 Å². The monoisotopic (exact) mass is 470 g/mol. The molecule has 1 saturated carbocycles. The van der Waals surface area contributed by atoms with E-state index in [-0.39, 0.29) is 31.1 Å². The summed E-state index contributed by atoms with van der Waals surface area (Å²) in [6, 6.07) is 7.70. The van der Waals surface area contributed by atoms with Crippen LogP contribution in [0.5, 0.6) is 0 Å². The molecule has 5 rings (SSSR count). The van der Waals surface area contributed by atoms with E-state index in [1.54, 1.807) is 6.92 Å². The third kappa shape index (κ3) is 3.62. The van der Waals surface area contributed by atoms with Crippen LogP contribution in [0, 0.1) is 11.8 Å². The van der Waals surface area contributed by atoms with Gasteiger partial charge < -0.3 is 24.8 Å². The number of hydrogen-bond acceptors (Lipinski definition) is 6. The van der Waals surface area contributed by atoms with E-state index in [0.717, 1.165) is 31.2 Å². The van der Waals surface area contributed by atoms with Crippen molar-refractivity contribution >= 4 is 17.8 Å². The summed E-state index contributed by atoms with van der Waals surface area (Å²) in [4.78, 5) is 42.3. The van der Waals surface area contributed by atoms with Gasteiger partial charge in [0.15, 0.2) is 0 Å². The van der Waals surface area contributed by atoms with Crippen molar-refractivity contribution < 1.29 is 29.0 Å². The molecule has 34 heavy (non-hydrogen) atoms. The molecular formula is C26H34N2O6. The number of amides is 2. The molecule has 2 N–H and O–H groups in total. The van der Waals surface area contributed by atoms with Crippen LogP contribution >= 0.6 is 0 Å². The van der Waals surface area contributed by atoms with Gasteiger partial charge in [-0.3, -0.25) is 14.4 Å². The highest BCUT2D eigenvalue weighted by atomic mass is 16.6. The molecule has 4 aliphatic rings. The molecular weight excluding hydrogens is 436 g/mol. The van der Waals surface area contributed by atoms with Crippen molar-refractivity contribution in [2.75, 3.05) is 13.2 Å². The summed E-state index contributed by atoms with van der Waals surface area (Å²) in [5, 5.41) is 13.6. The Morgan fingerprint density at radius 2 is 1.94 bits per heavy atom. The van der Waals surface area contributed by atoms with Crippen LogP contribution in [-0.4, -0.2) is 64.8 Å². The van der Waals surface area contributed by atoms with Gasteiger partial charge >= 0.3 is 5.97 Å². The first-order valence-electron chi connectivity index (χ1n) is 12.6. The Labute approximate surface area is 200 Å². The van der Waals surface area contributed by atoms with Gasteiger partial charge in [0.1, 0.15) is 11.6 Å². The fourth-order valence-electron chi connectivity index (χ4n) is 6.79. The zero-order valence-corrected chi connectivity index (χ0v) is 19.7. The molecule has 0 unspecified atom stereocenters. The number of fused-ring (bicyclic) bond motifs is 1. The number of aliphatic hydroxyl groups is 1. The Kier molecular flexibility index (Phi) is 6.37. The van der Waals surface area contributed by atoms with Crippen LogP contribution in [-0.2, 0) is 23.9 Å². The van der Waals surface area contributed by atoms with Crippen molar-refractivity contribution in [3.63, 3.8) is 0 Å². The van der Waals surface area contributed by atoms with E-state index in [1.165, 1.54) is 11.3 Å². The Morgan fingerprint density at radius 3 is 2.62 bits per heavy atom. The molecule has 1 aliphatic carbocycles. The summed E-state index contributed by atoms with van der Waals surface area (Å²) in [7, 11) is 0. The minimum atomic E-state index is -1.08. The van der Waals surface area contributed by atoms with Crippen molar-refractivity contribution in [3.8, 4) is 0 Å². The second-order valence-electron chi connectivity index (χ2n) is 10.0. The number of benzene rings is 1. The third-order valence-corrected chi connectivity index (χ3v) is 8.19. The average molecular weight is 471 g/mol. The van der Waals surface area contributed by atoms with E-state index < -0.39 is 41.6 Å². The molecule has 8 heteroatoms. The second kappa shape index (κ2) is 9.30. The maximum absolute atomic E-state index is 14.0. The maximum atomic E-state index is 14.0. The van der Waals surface area contributed by atoms with E-state index in [9.17, 15) is 19.5 Å². The molecule has 4 fully saturated rings. The quantitative estimate of drug-likeness (QED) is 0.592. The molecule has 1 aromatic rings. The minimum Gasteiger partial charge on any atom is -0.466 e. The van der Waals surface area contributed by atoms with Crippen LogP contribution in [0.25, 0.3) is 0 Å². The van der Waals surface area contributed by atoms with E-state index in [2.05, 4.69) is 5.32 Å². The lowest BCUT2D eigenvalue weighted by Crippen LogP contribution is -2.57. The molecule has 184 valence electrons. The molecule has 3 heterocycles. The topological polar surface area (TPSA) is 105 Å². The van der Waals surface area contributed by atoms with Crippen LogP contribution in [0.3, 0.4) is 0 Å². The lowest BCUT2D eigenvalue weighted by Gasteiger charge is -2.38. The van der Waals surface area contributed by atoms with Crippen LogP contribution < -0.4 is 5.32 Å². The smallest absolute Gasteiger partial charge is 0.312 e. The summed E-state index contributed by atoms with van der Waals surface area (Å²) < 4.78 is 11.7. The van der Waals surface area contributed by atoms with Crippen LogP contribution in [0.1, 0.15) is 63.5 Å². The number of carbonyl (C=O) groups is 3. The number of hydrogen-bond donors (Lipinski definition) is 2. The Balaban J connectivity index is 1.54. The van der Waals surface area contributed by atoms with Crippen molar-refractivity contribution in [2.24, 2.45) is 11.8 Å². The number of nitrogens with one attached hydrogen (secondary N) is 1. The van der Waals surface area contributed by atoms with Crippen molar-refractivity contribution in [1.29, 1.82) is 0 Å². The zero-order chi connectivity index (χ0) is 23.9. The molecule has 2 amide bonds. The van der Waals surface area contributed by atoms with Crippen molar-refractivity contribution in [1.82, 2.24) is 10.2 Å². The SMILES string of the molecule is CCOC(=O)[C@@H]1[C@H]2C(=O)N([C@H](CO)c3ccccc3)[C@H](C(=O)NC3CCCCC3)[C@]23CC[C@H]1O3. The number of rotatable bonds is 7. The van der Waals surface area contributed by atoms with E-state index in [1.807, 2.05) is 30.3 Å². The molecule has 2 bridgehead atoms. The lowest BCUT2D eigenvalue weighted by atomic mass is 9.70. The fourth-order valence-corrected chi connectivity index (χ4v) is 6.79. The summed E-state index contributed by atoms with van der Waals surface area (Å²) in [5.74, 6) is -2.52. The van der Waals surface area contributed by atoms with Gasteiger partial charge in [-0.15, -0.1) is 0 Å². The van der Waals surface area contributed by atoms with E-state index in [0.29, 0.717) is 12.8 Å². The average Bonchev–Trinajstić information content (AvgIpc) is 3.49. The van der Waals surface area contributed by atoms with E-state index >= 15 is 0 Å². The predicted octanol–water partition coefficient (Wildman–Crippen LogP) is 2.11. The van der Waals surface area contributed by atoms with Crippen LogP contribution in [0.2, 0.25) is 0 Å².